The Labute approximate surface area is 201 Å². The fourth-order valence-electron chi connectivity index (χ4n) is 5.02. The summed E-state index contributed by atoms with van der Waals surface area (Å²) < 4.78 is 32.6. The van der Waals surface area contributed by atoms with Crippen LogP contribution in [0.1, 0.15) is 48.8 Å². The van der Waals surface area contributed by atoms with Crippen LogP contribution in [0.2, 0.25) is 5.02 Å². The van der Waals surface area contributed by atoms with Gasteiger partial charge in [0, 0.05) is 24.7 Å². The van der Waals surface area contributed by atoms with E-state index in [0.29, 0.717) is 37.5 Å². The highest BCUT2D eigenvalue weighted by Gasteiger charge is 2.42. The molecule has 6 nitrogen and oxygen atoms in total. The maximum absolute atomic E-state index is 13.2. The van der Waals surface area contributed by atoms with E-state index in [0.717, 1.165) is 48.1 Å². The molecule has 1 heterocycles. The van der Waals surface area contributed by atoms with Crippen LogP contribution in [0.3, 0.4) is 0 Å². The van der Waals surface area contributed by atoms with Crippen LogP contribution in [0.15, 0.2) is 42.5 Å². The van der Waals surface area contributed by atoms with Crippen LogP contribution >= 0.6 is 11.6 Å². The smallest absolute Gasteiger partial charge is 0.230 e. The van der Waals surface area contributed by atoms with Gasteiger partial charge >= 0.3 is 0 Å². The third kappa shape index (κ3) is 5.20. The van der Waals surface area contributed by atoms with Crippen molar-refractivity contribution in [1.29, 1.82) is 0 Å². The normalized spacial score (nSPS) is 18.0. The second kappa shape index (κ2) is 10.0. The van der Waals surface area contributed by atoms with Crippen molar-refractivity contribution >= 4 is 27.5 Å². The zero-order valence-corrected chi connectivity index (χ0v) is 20.6. The molecule has 0 radical (unpaired) electrons. The molecule has 178 valence electrons. The lowest BCUT2D eigenvalue weighted by molar-refractivity contribution is -0.126. The highest BCUT2D eigenvalue weighted by Crippen LogP contribution is 2.41. The van der Waals surface area contributed by atoms with Crippen molar-refractivity contribution in [2.45, 2.75) is 50.5 Å². The van der Waals surface area contributed by atoms with E-state index < -0.39 is 15.4 Å². The van der Waals surface area contributed by atoms with Crippen LogP contribution in [0.5, 0.6) is 5.75 Å². The Morgan fingerprint density at radius 3 is 2.55 bits per heavy atom. The Balaban J connectivity index is 1.32. The first-order valence-electron chi connectivity index (χ1n) is 11.5. The lowest BCUT2D eigenvalue weighted by atomic mass is 9.78. The SMILES string of the molecule is COc1ccc2c(c1)CCN(S(=O)(=O)CCCNC(=O)C1(c3ccc(Cl)cc3)CCCC1)C2. The van der Waals surface area contributed by atoms with Crippen molar-refractivity contribution in [3.8, 4) is 5.75 Å². The molecule has 8 heteroatoms. The molecular formula is C25H31ClN2O4S. The minimum absolute atomic E-state index is 0.0134. The number of methoxy groups -OCH3 is 1. The molecule has 1 amide bonds. The summed E-state index contributed by atoms with van der Waals surface area (Å²) in [5.74, 6) is 0.798. The second-order valence-corrected chi connectivity index (χ2v) is 11.5. The molecule has 2 aromatic rings. The summed E-state index contributed by atoms with van der Waals surface area (Å²) in [4.78, 5) is 13.2. The van der Waals surface area contributed by atoms with Crippen LogP contribution in [-0.2, 0) is 33.2 Å². The maximum Gasteiger partial charge on any atom is 0.230 e. The fraction of sp³-hybridized carbons (Fsp3) is 0.480. The highest BCUT2D eigenvalue weighted by atomic mass is 35.5. The summed E-state index contributed by atoms with van der Waals surface area (Å²) in [5, 5.41) is 3.66. The molecule has 33 heavy (non-hydrogen) atoms. The lowest BCUT2D eigenvalue weighted by Gasteiger charge is -2.29. The Kier molecular flexibility index (Phi) is 7.31. The number of ether oxygens (including phenoxy) is 1. The summed E-state index contributed by atoms with van der Waals surface area (Å²) in [5.41, 5.74) is 2.60. The number of amides is 1. The van der Waals surface area contributed by atoms with Crippen molar-refractivity contribution in [3.05, 3.63) is 64.2 Å². The van der Waals surface area contributed by atoms with Crippen LogP contribution in [0.4, 0.5) is 0 Å². The number of rotatable bonds is 8. The van der Waals surface area contributed by atoms with Crippen LogP contribution in [0.25, 0.3) is 0 Å². The van der Waals surface area contributed by atoms with Crippen molar-refractivity contribution in [1.82, 2.24) is 9.62 Å². The van der Waals surface area contributed by atoms with Crippen LogP contribution < -0.4 is 10.1 Å². The molecule has 2 aliphatic rings. The first kappa shape index (κ1) is 24.0. The summed E-state index contributed by atoms with van der Waals surface area (Å²) in [6, 6.07) is 13.3. The van der Waals surface area contributed by atoms with Crippen molar-refractivity contribution in [2.24, 2.45) is 0 Å². The molecular weight excluding hydrogens is 460 g/mol. The number of fused-ring (bicyclic) bond motifs is 1. The number of carbonyl (C=O) groups is 1. The van der Waals surface area contributed by atoms with Crippen LogP contribution in [-0.4, -0.2) is 44.6 Å². The molecule has 1 aliphatic heterocycles. The minimum atomic E-state index is -3.39. The molecule has 1 N–H and O–H groups in total. The molecule has 2 aromatic carbocycles. The Bertz CT molecular complexity index is 1100. The Hall–Kier alpha value is -2.09. The lowest BCUT2D eigenvalue weighted by Crippen LogP contribution is -2.43. The first-order chi connectivity index (χ1) is 15.8. The molecule has 0 unspecified atom stereocenters. The predicted molar refractivity (Wildman–Crippen MR) is 130 cm³/mol. The van der Waals surface area contributed by atoms with E-state index in [1.54, 1.807) is 11.4 Å². The molecule has 0 aromatic heterocycles. The number of hydrogen-bond acceptors (Lipinski definition) is 4. The zero-order chi connectivity index (χ0) is 23.5. The average Bonchev–Trinajstić information content (AvgIpc) is 3.32. The van der Waals surface area contributed by atoms with Gasteiger partial charge in [-0.1, -0.05) is 42.6 Å². The predicted octanol–water partition coefficient (Wildman–Crippen LogP) is 4.05. The van der Waals surface area contributed by atoms with E-state index in [-0.39, 0.29) is 11.7 Å². The number of nitrogens with zero attached hydrogens (tertiary/aromatic N) is 1. The minimum Gasteiger partial charge on any atom is -0.497 e. The molecule has 1 saturated carbocycles. The van der Waals surface area contributed by atoms with Gasteiger partial charge in [0.1, 0.15) is 5.75 Å². The largest absolute Gasteiger partial charge is 0.497 e. The summed E-state index contributed by atoms with van der Waals surface area (Å²) >= 11 is 6.03. The van der Waals surface area contributed by atoms with Gasteiger partial charge in [-0.15, -0.1) is 0 Å². The van der Waals surface area contributed by atoms with Gasteiger partial charge in [0.25, 0.3) is 0 Å². The monoisotopic (exact) mass is 490 g/mol. The molecule has 1 fully saturated rings. The Morgan fingerprint density at radius 2 is 1.85 bits per heavy atom. The van der Waals surface area contributed by atoms with E-state index in [4.69, 9.17) is 16.3 Å². The number of sulfonamides is 1. The van der Waals surface area contributed by atoms with Gasteiger partial charge in [-0.25, -0.2) is 8.42 Å². The number of nitrogens with one attached hydrogen (secondary N) is 1. The quantitative estimate of drug-likeness (QED) is 0.566. The van der Waals surface area contributed by atoms with E-state index in [1.165, 1.54) is 0 Å². The topological polar surface area (TPSA) is 75.7 Å². The van der Waals surface area contributed by atoms with Crippen molar-refractivity contribution in [2.75, 3.05) is 26.0 Å². The van der Waals surface area contributed by atoms with E-state index >= 15 is 0 Å². The summed E-state index contributed by atoms with van der Waals surface area (Å²) in [7, 11) is -1.77. The molecule has 0 saturated heterocycles. The highest BCUT2D eigenvalue weighted by molar-refractivity contribution is 7.89. The molecule has 4 rings (SSSR count). The van der Waals surface area contributed by atoms with Crippen LogP contribution in [0, 0.1) is 0 Å². The van der Waals surface area contributed by atoms with Crippen molar-refractivity contribution in [3.63, 3.8) is 0 Å². The van der Waals surface area contributed by atoms with Gasteiger partial charge in [0.15, 0.2) is 0 Å². The number of benzene rings is 2. The molecule has 1 aliphatic carbocycles. The fourth-order valence-corrected chi connectivity index (χ4v) is 6.62. The third-order valence-electron chi connectivity index (χ3n) is 6.94. The van der Waals surface area contributed by atoms with Gasteiger partial charge in [-0.3, -0.25) is 4.79 Å². The summed E-state index contributed by atoms with van der Waals surface area (Å²) in [6.45, 7) is 1.19. The first-order valence-corrected chi connectivity index (χ1v) is 13.5. The van der Waals surface area contributed by atoms with Gasteiger partial charge < -0.3 is 10.1 Å². The number of halogens is 1. The van der Waals surface area contributed by atoms with Crippen molar-refractivity contribution < 1.29 is 17.9 Å². The maximum atomic E-state index is 13.2. The standard InChI is InChI=1S/C25H31ClN2O4S/c1-32-23-10-5-20-18-28(15-11-19(20)17-23)33(30,31)16-4-14-27-24(29)25(12-2-3-13-25)21-6-8-22(26)9-7-21/h5-10,17H,2-4,11-16,18H2,1H3,(H,27,29). The number of carbonyl (C=O) groups excluding carboxylic acids is 1. The van der Waals surface area contributed by atoms with E-state index in [1.807, 2.05) is 42.5 Å². The Morgan fingerprint density at radius 1 is 1.12 bits per heavy atom. The second-order valence-electron chi connectivity index (χ2n) is 8.94. The average molecular weight is 491 g/mol. The van der Waals surface area contributed by atoms with E-state index in [2.05, 4.69) is 5.32 Å². The summed E-state index contributed by atoms with van der Waals surface area (Å²) in [6.07, 6.45) is 4.68. The third-order valence-corrected chi connectivity index (χ3v) is 9.09. The molecule has 0 spiro atoms. The molecule has 0 atom stereocenters. The van der Waals surface area contributed by atoms with Gasteiger partial charge in [0.2, 0.25) is 15.9 Å². The van der Waals surface area contributed by atoms with E-state index in [9.17, 15) is 13.2 Å². The zero-order valence-electron chi connectivity index (χ0n) is 19.0. The van der Waals surface area contributed by atoms with Gasteiger partial charge in [-0.05, 0) is 66.6 Å². The molecule has 0 bridgehead atoms. The number of hydrogen-bond donors (Lipinski definition) is 1. The van der Waals surface area contributed by atoms with Gasteiger partial charge in [0.05, 0.1) is 18.3 Å². The van der Waals surface area contributed by atoms with Gasteiger partial charge in [-0.2, -0.15) is 4.31 Å².